The molecule has 0 amide bonds. The topological polar surface area (TPSA) is 103 Å². The Labute approximate surface area is 164 Å². The molecule has 1 saturated heterocycles. The highest BCUT2D eigenvalue weighted by Crippen LogP contribution is 2.30. The molecule has 0 bridgehead atoms. The van der Waals surface area contributed by atoms with E-state index in [1.165, 1.54) is 0 Å². The van der Waals surface area contributed by atoms with E-state index in [1.54, 1.807) is 0 Å². The summed E-state index contributed by atoms with van der Waals surface area (Å²) >= 11 is 0. The molecule has 0 saturated carbocycles. The first-order valence-electron chi connectivity index (χ1n) is 9.63. The molecule has 8 heteroatoms. The Kier molecular flexibility index (Phi) is 5.38. The van der Waals surface area contributed by atoms with E-state index in [4.69, 9.17) is 15.2 Å². The van der Waals surface area contributed by atoms with E-state index in [0.717, 1.165) is 37.3 Å². The second kappa shape index (κ2) is 8.10. The number of aryl methyl sites for hydroxylation is 1. The van der Waals surface area contributed by atoms with E-state index in [2.05, 4.69) is 15.0 Å². The number of ketones is 1. The van der Waals surface area contributed by atoms with Gasteiger partial charge in [0.1, 0.15) is 11.6 Å². The fourth-order valence-corrected chi connectivity index (χ4v) is 3.55. The van der Waals surface area contributed by atoms with Crippen LogP contribution in [0.3, 0.4) is 0 Å². The van der Waals surface area contributed by atoms with Gasteiger partial charge in [-0.15, -0.1) is 0 Å². The van der Waals surface area contributed by atoms with Crippen LogP contribution in [-0.2, 0) is 22.5 Å². The Morgan fingerprint density at radius 3 is 2.86 bits per heavy atom. The highest BCUT2D eigenvalue weighted by Gasteiger charge is 2.28. The predicted octanol–water partition coefficient (Wildman–Crippen LogP) is 1.70. The van der Waals surface area contributed by atoms with Crippen LogP contribution >= 0.6 is 0 Å². The maximum absolute atomic E-state index is 12.2. The molecular weight excluding hydrogens is 358 g/mol. The van der Waals surface area contributed by atoms with Crippen LogP contribution in [0.4, 0.5) is 11.6 Å². The van der Waals surface area contributed by atoms with E-state index < -0.39 is 0 Å². The van der Waals surface area contributed by atoms with Gasteiger partial charge in [0, 0.05) is 43.6 Å². The van der Waals surface area contributed by atoms with Crippen LogP contribution in [0, 0.1) is 12.8 Å². The van der Waals surface area contributed by atoms with Crippen molar-refractivity contribution in [1.82, 2.24) is 15.0 Å². The highest BCUT2D eigenvalue weighted by molar-refractivity contribution is 5.91. The third kappa shape index (κ3) is 4.22. The number of anilines is 2. The van der Waals surface area contributed by atoms with Crippen LogP contribution in [0.15, 0.2) is 18.3 Å². The molecule has 4 rings (SSSR count). The van der Waals surface area contributed by atoms with Gasteiger partial charge in [0.25, 0.3) is 0 Å². The molecule has 2 aliphatic rings. The van der Waals surface area contributed by atoms with Crippen molar-refractivity contribution in [2.45, 2.75) is 32.7 Å². The fraction of sp³-hybridized carbons (Fsp3) is 0.500. The molecule has 1 fully saturated rings. The summed E-state index contributed by atoms with van der Waals surface area (Å²) in [7, 11) is 0. The van der Waals surface area contributed by atoms with Gasteiger partial charge in [0.15, 0.2) is 5.78 Å². The van der Waals surface area contributed by atoms with Crippen molar-refractivity contribution in [2.24, 2.45) is 5.92 Å². The standard InChI is InChI=1S/C20H25N5O3/c1-13-2-3-15(9-22-13)10-25-11-16(26)8-17-18(21)23-20(24-19(17)25)28-12-14-4-6-27-7-5-14/h2-3,9,14H,4-8,10-12H2,1H3,(H2,21,23,24). The summed E-state index contributed by atoms with van der Waals surface area (Å²) in [4.78, 5) is 27.4. The van der Waals surface area contributed by atoms with Crippen molar-refractivity contribution in [2.75, 3.05) is 37.0 Å². The number of hydrogen-bond acceptors (Lipinski definition) is 8. The third-order valence-electron chi connectivity index (χ3n) is 5.17. The van der Waals surface area contributed by atoms with Crippen LogP contribution in [0.2, 0.25) is 0 Å². The number of nitrogens with zero attached hydrogens (tertiary/aromatic N) is 4. The molecule has 0 unspecified atom stereocenters. The molecule has 8 nitrogen and oxygen atoms in total. The van der Waals surface area contributed by atoms with Crippen molar-refractivity contribution in [3.8, 4) is 6.01 Å². The number of nitrogen functional groups attached to an aromatic ring is 1. The Hall–Kier alpha value is -2.74. The third-order valence-corrected chi connectivity index (χ3v) is 5.17. The molecule has 0 spiro atoms. The van der Waals surface area contributed by atoms with E-state index in [9.17, 15) is 4.79 Å². The monoisotopic (exact) mass is 383 g/mol. The predicted molar refractivity (Wildman–Crippen MR) is 104 cm³/mol. The first kappa shape index (κ1) is 18.6. The smallest absolute Gasteiger partial charge is 0.320 e. The van der Waals surface area contributed by atoms with Gasteiger partial charge in [-0.1, -0.05) is 6.07 Å². The molecule has 0 radical (unpaired) electrons. The molecule has 0 atom stereocenters. The minimum Gasteiger partial charge on any atom is -0.463 e. The Balaban J connectivity index is 1.55. The van der Waals surface area contributed by atoms with E-state index >= 15 is 0 Å². The van der Waals surface area contributed by atoms with Crippen LogP contribution in [0.1, 0.15) is 29.7 Å². The molecular formula is C20H25N5O3. The van der Waals surface area contributed by atoms with Crippen molar-refractivity contribution in [3.63, 3.8) is 0 Å². The summed E-state index contributed by atoms with van der Waals surface area (Å²) in [5.41, 5.74) is 8.78. The zero-order valence-corrected chi connectivity index (χ0v) is 16.1. The van der Waals surface area contributed by atoms with E-state index in [1.807, 2.05) is 30.2 Å². The van der Waals surface area contributed by atoms with Crippen LogP contribution in [0.25, 0.3) is 0 Å². The Bertz CT molecular complexity index is 850. The summed E-state index contributed by atoms with van der Waals surface area (Å²) in [6, 6.07) is 4.23. The number of fused-ring (bicyclic) bond motifs is 1. The quantitative estimate of drug-likeness (QED) is 0.832. The first-order chi connectivity index (χ1) is 13.6. The van der Waals surface area contributed by atoms with Gasteiger partial charge >= 0.3 is 6.01 Å². The lowest BCUT2D eigenvalue weighted by Crippen LogP contribution is -2.37. The second-order valence-corrected chi connectivity index (χ2v) is 7.44. The lowest BCUT2D eigenvalue weighted by molar-refractivity contribution is -0.117. The highest BCUT2D eigenvalue weighted by atomic mass is 16.5. The van der Waals surface area contributed by atoms with Crippen LogP contribution in [0.5, 0.6) is 6.01 Å². The SMILES string of the molecule is Cc1ccc(CN2CC(=O)Cc3c(N)nc(OCC4CCOCC4)nc32)cn1. The Morgan fingerprint density at radius 2 is 2.11 bits per heavy atom. The molecule has 0 aliphatic carbocycles. The fourth-order valence-electron chi connectivity index (χ4n) is 3.55. The van der Waals surface area contributed by atoms with E-state index in [0.29, 0.717) is 36.3 Å². The van der Waals surface area contributed by atoms with Gasteiger partial charge in [0.05, 0.1) is 13.2 Å². The van der Waals surface area contributed by atoms with Gasteiger partial charge in [-0.05, 0) is 37.3 Å². The van der Waals surface area contributed by atoms with Gasteiger partial charge in [0.2, 0.25) is 0 Å². The molecule has 2 aromatic rings. The average Bonchev–Trinajstić information content (AvgIpc) is 2.70. The largest absolute Gasteiger partial charge is 0.463 e. The molecule has 2 aromatic heterocycles. The molecule has 2 N–H and O–H groups in total. The number of rotatable bonds is 5. The van der Waals surface area contributed by atoms with Gasteiger partial charge in [-0.3, -0.25) is 9.78 Å². The lowest BCUT2D eigenvalue weighted by Gasteiger charge is -2.30. The van der Waals surface area contributed by atoms with Gasteiger partial charge in [-0.2, -0.15) is 9.97 Å². The van der Waals surface area contributed by atoms with Crippen molar-refractivity contribution >= 4 is 17.4 Å². The Morgan fingerprint density at radius 1 is 1.29 bits per heavy atom. The summed E-state index contributed by atoms with van der Waals surface area (Å²) in [5.74, 6) is 1.52. The number of pyridine rings is 1. The molecule has 2 aliphatic heterocycles. The number of hydrogen-bond donors (Lipinski definition) is 1. The molecule has 0 aromatic carbocycles. The maximum atomic E-state index is 12.2. The maximum Gasteiger partial charge on any atom is 0.320 e. The van der Waals surface area contributed by atoms with Gasteiger partial charge in [-0.25, -0.2) is 0 Å². The van der Waals surface area contributed by atoms with Crippen molar-refractivity contribution in [3.05, 3.63) is 35.2 Å². The zero-order chi connectivity index (χ0) is 19.5. The first-order valence-corrected chi connectivity index (χ1v) is 9.63. The lowest BCUT2D eigenvalue weighted by atomic mass is 10.0. The van der Waals surface area contributed by atoms with Crippen molar-refractivity contribution in [1.29, 1.82) is 0 Å². The number of aromatic nitrogens is 3. The molecule has 28 heavy (non-hydrogen) atoms. The normalized spacial score (nSPS) is 17.5. The van der Waals surface area contributed by atoms with Crippen molar-refractivity contribution < 1.29 is 14.3 Å². The number of Topliss-reactive ketones (excluding diaryl/α,β-unsaturated/α-hetero) is 1. The number of ether oxygens (including phenoxy) is 2. The molecule has 148 valence electrons. The van der Waals surface area contributed by atoms with Crippen LogP contribution in [-0.4, -0.2) is 47.1 Å². The minimum absolute atomic E-state index is 0.0961. The molecule has 4 heterocycles. The average molecular weight is 383 g/mol. The summed E-state index contributed by atoms with van der Waals surface area (Å²) in [5, 5.41) is 0. The number of nitrogens with two attached hydrogens (primary N) is 1. The second-order valence-electron chi connectivity index (χ2n) is 7.44. The van der Waals surface area contributed by atoms with Gasteiger partial charge < -0.3 is 20.1 Å². The summed E-state index contributed by atoms with van der Waals surface area (Å²) < 4.78 is 11.2. The summed E-state index contributed by atoms with van der Waals surface area (Å²) in [6.45, 7) is 4.84. The van der Waals surface area contributed by atoms with Crippen LogP contribution < -0.4 is 15.4 Å². The summed E-state index contributed by atoms with van der Waals surface area (Å²) in [6.07, 6.45) is 4.02. The number of carbonyl (C=O) groups is 1. The number of carbonyl (C=O) groups excluding carboxylic acids is 1. The zero-order valence-electron chi connectivity index (χ0n) is 16.1. The van der Waals surface area contributed by atoms with E-state index in [-0.39, 0.29) is 24.8 Å². The minimum atomic E-state index is 0.0961.